The van der Waals surface area contributed by atoms with Crippen LogP contribution in [0.3, 0.4) is 0 Å². The van der Waals surface area contributed by atoms with Gasteiger partial charge in [0, 0.05) is 31.4 Å². The molecule has 0 aliphatic rings. The van der Waals surface area contributed by atoms with Gasteiger partial charge in [0.2, 0.25) is 0 Å². The third-order valence-corrected chi connectivity index (χ3v) is 3.30. The van der Waals surface area contributed by atoms with Crippen LogP contribution in [0, 0.1) is 23.0 Å². The summed E-state index contributed by atoms with van der Waals surface area (Å²) in [5.74, 6) is 1.03. The highest BCUT2D eigenvalue weighted by Gasteiger charge is 2.15. The van der Waals surface area contributed by atoms with Crippen molar-refractivity contribution in [2.45, 2.75) is 33.2 Å². The van der Waals surface area contributed by atoms with E-state index in [2.05, 4.69) is 18.8 Å². The van der Waals surface area contributed by atoms with E-state index >= 15 is 0 Å². The fraction of sp³-hybridized carbons (Fsp3) is 0.615. The van der Waals surface area contributed by atoms with Gasteiger partial charge in [-0.1, -0.05) is 13.8 Å². The van der Waals surface area contributed by atoms with Crippen LogP contribution in [-0.4, -0.2) is 29.5 Å². The molecule has 0 spiro atoms. The Morgan fingerprint density at radius 2 is 2.16 bits per heavy atom. The van der Waals surface area contributed by atoms with Crippen molar-refractivity contribution in [1.29, 1.82) is 0 Å². The molecule has 1 aromatic heterocycles. The molecule has 2 N–H and O–H groups in total. The van der Waals surface area contributed by atoms with E-state index < -0.39 is 0 Å². The van der Waals surface area contributed by atoms with Gasteiger partial charge in [-0.25, -0.2) is 4.98 Å². The molecular formula is C13H22N4O2. The van der Waals surface area contributed by atoms with Crippen LogP contribution in [-0.2, 0) is 0 Å². The molecule has 6 nitrogen and oxygen atoms in total. The summed E-state index contributed by atoms with van der Waals surface area (Å²) in [7, 11) is 1.87. The van der Waals surface area contributed by atoms with Crippen molar-refractivity contribution in [3.8, 4) is 0 Å². The van der Waals surface area contributed by atoms with E-state index in [9.17, 15) is 10.1 Å². The first-order valence-electron chi connectivity index (χ1n) is 6.40. The van der Waals surface area contributed by atoms with Gasteiger partial charge >= 0.3 is 0 Å². The van der Waals surface area contributed by atoms with E-state index in [0.717, 1.165) is 13.0 Å². The van der Waals surface area contributed by atoms with Crippen molar-refractivity contribution in [3.63, 3.8) is 0 Å². The second-order valence-corrected chi connectivity index (χ2v) is 5.20. The van der Waals surface area contributed by atoms with Gasteiger partial charge in [-0.05, 0) is 19.3 Å². The highest BCUT2D eigenvalue weighted by atomic mass is 16.6. The summed E-state index contributed by atoms with van der Waals surface area (Å²) >= 11 is 0. The molecule has 1 heterocycles. The second kappa shape index (κ2) is 6.47. The molecule has 1 atom stereocenters. The lowest BCUT2D eigenvalue weighted by Gasteiger charge is -2.22. The van der Waals surface area contributed by atoms with Gasteiger partial charge in [-0.3, -0.25) is 10.1 Å². The van der Waals surface area contributed by atoms with E-state index in [1.807, 2.05) is 11.9 Å². The Morgan fingerprint density at radius 1 is 1.53 bits per heavy atom. The van der Waals surface area contributed by atoms with Crippen LogP contribution in [0.15, 0.2) is 12.3 Å². The zero-order valence-corrected chi connectivity index (χ0v) is 12.0. The third-order valence-electron chi connectivity index (χ3n) is 3.30. The Bertz CT molecular complexity index is 448. The predicted octanol–water partition coefficient (Wildman–Crippen LogP) is 2.11. The maximum absolute atomic E-state index is 10.9. The number of hydrogen-bond donors (Lipinski definition) is 1. The molecule has 0 bridgehead atoms. The number of pyridine rings is 1. The molecule has 0 aliphatic carbocycles. The molecule has 0 radical (unpaired) electrons. The number of nitrogens with zero attached hydrogens (tertiary/aromatic N) is 3. The van der Waals surface area contributed by atoms with E-state index in [1.165, 1.54) is 12.3 Å². The van der Waals surface area contributed by atoms with Gasteiger partial charge in [0.25, 0.3) is 5.69 Å². The predicted molar refractivity (Wildman–Crippen MR) is 76.3 cm³/mol. The van der Waals surface area contributed by atoms with E-state index in [0.29, 0.717) is 17.3 Å². The van der Waals surface area contributed by atoms with Gasteiger partial charge in [-0.15, -0.1) is 0 Å². The number of anilines is 1. The molecule has 0 amide bonds. The monoisotopic (exact) mass is 266 g/mol. The van der Waals surface area contributed by atoms with E-state index in [-0.39, 0.29) is 16.7 Å². The van der Waals surface area contributed by atoms with Crippen LogP contribution >= 0.6 is 0 Å². The SMILES string of the molecule is Cc1cnc(N(C)CCC(N)C(C)C)cc1[N+](=O)[O-]. The van der Waals surface area contributed by atoms with Crippen LogP contribution in [0.1, 0.15) is 25.8 Å². The van der Waals surface area contributed by atoms with Crippen LogP contribution in [0.2, 0.25) is 0 Å². The topological polar surface area (TPSA) is 85.3 Å². The van der Waals surface area contributed by atoms with Crippen molar-refractivity contribution in [1.82, 2.24) is 4.98 Å². The standard InChI is InChI=1S/C13H22N4O2/c1-9(2)11(14)5-6-16(4)13-7-12(17(18)19)10(3)8-15-13/h7-9,11H,5-6,14H2,1-4H3. The molecule has 6 heteroatoms. The zero-order valence-electron chi connectivity index (χ0n) is 12.0. The molecule has 0 aromatic carbocycles. The highest BCUT2D eigenvalue weighted by molar-refractivity contribution is 5.50. The van der Waals surface area contributed by atoms with E-state index in [1.54, 1.807) is 6.92 Å². The van der Waals surface area contributed by atoms with Crippen molar-refractivity contribution < 1.29 is 4.92 Å². The maximum atomic E-state index is 10.9. The summed E-state index contributed by atoms with van der Waals surface area (Å²) in [4.78, 5) is 16.6. The smallest absolute Gasteiger partial charge is 0.277 e. The lowest BCUT2D eigenvalue weighted by Crippen LogP contribution is -2.32. The van der Waals surface area contributed by atoms with Gasteiger partial charge in [-0.2, -0.15) is 0 Å². The summed E-state index contributed by atoms with van der Waals surface area (Å²) in [5, 5.41) is 10.9. The largest absolute Gasteiger partial charge is 0.359 e. The summed E-state index contributed by atoms with van der Waals surface area (Å²) in [6, 6.07) is 1.64. The molecule has 19 heavy (non-hydrogen) atoms. The highest BCUT2D eigenvalue weighted by Crippen LogP contribution is 2.22. The molecule has 1 aromatic rings. The number of rotatable bonds is 6. The van der Waals surface area contributed by atoms with Gasteiger partial charge < -0.3 is 10.6 Å². The van der Waals surface area contributed by atoms with Crippen molar-refractivity contribution in [2.75, 3.05) is 18.5 Å². The van der Waals surface area contributed by atoms with Crippen LogP contribution in [0.4, 0.5) is 11.5 Å². The molecule has 0 saturated heterocycles. The minimum atomic E-state index is -0.381. The summed E-state index contributed by atoms with van der Waals surface area (Å²) in [6.07, 6.45) is 2.36. The fourth-order valence-electron chi connectivity index (χ4n) is 1.70. The Morgan fingerprint density at radius 3 is 2.68 bits per heavy atom. The van der Waals surface area contributed by atoms with Crippen LogP contribution < -0.4 is 10.6 Å². The maximum Gasteiger partial charge on any atom is 0.277 e. The second-order valence-electron chi connectivity index (χ2n) is 5.20. The number of hydrogen-bond acceptors (Lipinski definition) is 5. The summed E-state index contributed by atoms with van der Waals surface area (Å²) in [5.41, 5.74) is 6.66. The number of nitro groups is 1. The molecule has 1 rings (SSSR count). The molecule has 1 unspecified atom stereocenters. The van der Waals surface area contributed by atoms with Crippen LogP contribution in [0.25, 0.3) is 0 Å². The quantitative estimate of drug-likeness (QED) is 0.629. The minimum absolute atomic E-state index is 0.102. The lowest BCUT2D eigenvalue weighted by atomic mass is 10.0. The van der Waals surface area contributed by atoms with Crippen LogP contribution in [0.5, 0.6) is 0 Å². The molecule has 106 valence electrons. The molecule has 0 saturated carbocycles. The Kier molecular flexibility index (Phi) is 5.23. The van der Waals surface area contributed by atoms with Crippen molar-refractivity contribution in [3.05, 3.63) is 27.9 Å². The fourth-order valence-corrected chi connectivity index (χ4v) is 1.70. The first kappa shape index (κ1) is 15.4. The number of aryl methyl sites for hydroxylation is 1. The average molecular weight is 266 g/mol. The Labute approximate surface area is 113 Å². The lowest BCUT2D eigenvalue weighted by molar-refractivity contribution is -0.385. The molecular weight excluding hydrogens is 244 g/mol. The van der Waals surface area contributed by atoms with Gasteiger partial charge in [0.05, 0.1) is 11.0 Å². The normalized spacial score (nSPS) is 12.5. The van der Waals surface area contributed by atoms with E-state index in [4.69, 9.17) is 5.73 Å². The first-order chi connectivity index (χ1) is 8.82. The van der Waals surface area contributed by atoms with Gasteiger partial charge in [0.1, 0.15) is 5.82 Å². The molecule has 0 aliphatic heterocycles. The zero-order chi connectivity index (χ0) is 14.6. The van der Waals surface area contributed by atoms with Crippen molar-refractivity contribution in [2.24, 2.45) is 11.7 Å². The first-order valence-corrected chi connectivity index (χ1v) is 6.40. The molecule has 0 fully saturated rings. The minimum Gasteiger partial charge on any atom is -0.359 e. The summed E-state index contributed by atoms with van der Waals surface area (Å²) < 4.78 is 0. The summed E-state index contributed by atoms with van der Waals surface area (Å²) in [6.45, 7) is 6.58. The van der Waals surface area contributed by atoms with Gasteiger partial charge in [0.15, 0.2) is 0 Å². The Balaban J connectivity index is 2.75. The third kappa shape index (κ3) is 4.17. The Hall–Kier alpha value is -1.69. The van der Waals surface area contributed by atoms with Crippen molar-refractivity contribution >= 4 is 11.5 Å². The average Bonchev–Trinajstić information content (AvgIpc) is 2.35. The number of aromatic nitrogens is 1. The number of nitrogens with two attached hydrogens (primary N) is 1.